The molecular formula is C43H50N3O12+. The fourth-order valence-corrected chi connectivity index (χ4v) is 9.28. The maximum absolute atomic E-state index is 13.7. The number of allylic oxidation sites excluding steroid dienone is 3. The minimum absolute atomic E-state index is 0.000897. The number of nitrogens with one attached hydrogen (secondary N) is 2. The van der Waals surface area contributed by atoms with Crippen LogP contribution in [0.4, 0.5) is 5.69 Å². The number of phenolic OH excluding ortho intramolecular Hbond substituents is 1. The van der Waals surface area contributed by atoms with Crippen LogP contribution in [-0.2, 0) is 27.4 Å². The van der Waals surface area contributed by atoms with E-state index in [9.17, 15) is 40.2 Å². The Morgan fingerprint density at radius 1 is 1.14 bits per heavy atom. The number of carbonyl (C=O) groups excluding carboxylic acids is 1. The summed E-state index contributed by atoms with van der Waals surface area (Å²) in [6.07, 6.45) is 3.10. The van der Waals surface area contributed by atoms with Gasteiger partial charge in [0.25, 0.3) is 0 Å². The Hall–Kier alpha value is -4.71. The summed E-state index contributed by atoms with van der Waals surface area (Å²) in [5.74, 6) is 0.886. The Labute approximate surface area is 334 Å². The monoisotopic (exact) mass is 800 g/mol. The van der Waals surface area contributed by atoms with E-state index >= 15 is 0 Å². The molecule has 1 aromatic heterocycles. The number of aromatic hydroxyl groups is 1. The van der Waals surface area contributed by atoms with Gasteiger partial charge in [-0.05, 0) is 55.0 Å². The molecule has 58 heavy (non-hydrogen) atoms. The number of hydrogen-bond acceptors (Lipinski definition) is 13. The van der Waals surface area contributed by atoms with Gasteiger partial charge < -0.3 is 45.1 Å². The number of rotatable bonds is 13. The highest BCUT2D eigenvalue weighted by molar-refractivity contribution is 6.07. The number of aliphatic hydroxyl groups is 5. The first kappa shape index (κ1) is 40.1. The zero-order chi connectivity index (χ0) is 40.9. The van der Waals surface area contributed by atoms with Gasteiger partial charge in [0, 0.05) is 56.5 Å². The quantitative estimate of drug-likeness (QED) is 0.0692. The minimum Gasteiger partial charge on any atom is -0.508 e. The van der Waals surface area contributed by atoms with Gasteiger partial charge in [0.1, 0.15) is 71.7 Å². The molecule has 1 aliphatic carbocycles. The predicted molar refractivity (Wildman–Crippen MR) is 209 cm³/mol. The first-order valence-electron chi connectivity index (χ1n) is 19.8. The van der Waals surface area contributed by atoms with Crippen LogP contribution in [0.3, 0.4) is 0 Å². The summed E-state index contributed by atoms with van der Waals surface area (Å²) >= 11 is 0. The summed E-state index contributed by atoms with van der Waals surface area (Å²) in [6, 6.07) is 9.08. The summed E-state index contributed by atoms with van der Waals surface area (Å²) in [6.45, 7) is 3.27. The van der Waals surface area contributed by atoms with Crippen molar-refractivity contribution in [2.24, 2.45) is 16.8 Å². The topological polar surface area (TPSA) is 225 Å². The molecule has 0 bridgehead atoms. The molecule has 3 aromatic rings. The molecule has 1 amide bonds. The van der Waals surface area contributed by atoms with Crippen molar-refractivity contribution in [3.8, 4) is 11.5 Å². The summed E-state index contributed by atoms with van der Waals surface area (Å²) < 4.78 is 13.7. The fraction of sp³-hybridized carbons (Fsp3) is 0.465. The van der Waals surface area contributed by atoms with E-state index in [0.29, 0.717) is 78.1 Å². The Morgan fingerprint density at radius 3 is 2.66 bits per heavy atom. The normalized spacial score (nSPS) is 27.6. The van der Waals surface area contributed by atoms with Gasteiger partial charge in [-0.15, -0.1) is 0 Å². The molecule has 8 rings (SSSR count). The summed E-state index contributed by atoms with van der Waals surface area (Å²) in [4.78, 5) is 43.8. The number of aliphatic imine (C=N–C) groups is 1. The lowest BCUT2D eigenvalue weighted by molar-refractivity contribution is -0.776. The Morgan fingerprint density at radius 2 is 1.93 bits per heavy atom. The minimum atomic E-state index is -2.27. The van der Waals surface area contributed by atoms with Crippen LogP contribution >= 0.6 is 0 Å². The fourth-order valence-electron chi connectivity index (χ4n) is 9.28. The molecule has 2 aromatic carbocycles. The van der Waals surface area contributed by atoms with Crippen molar-refractivity contribution in [1.29, 1.82) is 0 Å². The molecule has 8 N–H and O–H groups in total. The molecule has 1 unspecified atom stereocenters. The smallest absolute Gasteiger partial charge is 0.222 e. The number of quaternary nitrogens is 1. The SMILES string of the molecule is CCC1=C2C=CN=C2C[NH+]1c1c2c(cc3c(=O)cc(C)oc13)C[C@@H](OOC[C@@](O)(Cc1ccc(O)cc1)[C@@H](O)[C@H](O)[C@H](O)CO)[C@@]1(CC=C[C@@H]([C@H]3CNC(=O)C3)C1)O2. The molecule has 1 fully saturated rings. The van der Waals surface area contributed by atoms with Gasteiger partial charge >= 0.3 is 0 Å². The average molecular weight is 801 g/mol. The zero-order valence-corrected chi connectivity index (χ0v) is 32.4. The Kier molecular flexibility index (Phi) is 10.9. The number of amides is 1. The van der Waals surface area contributed by atoms with Crippen LogP contribution in [0, 0.1) is 18.8 Å². The molecule has 5 aliphatic rings. The second-order valence-corrected chi connectivity index (χ2v) is 16.2. The maximum atomic E-state index is 13.7. The third kappa shape index (κ3) is 7.30. The number of aliphatic hydroxyl groups excluding tert-OH is 4. The third-order valence-electron chi connectivity index (χ3n) is 12.4. The van der Waals surface area contributed by atoms with Crippen LogP contribution < -0.4 is 20.4 Å². The number of phenols is 1. The predicted octanol–water partition coefficient (Wildman–Crippen LogP) is 1.11. The van der Waals surface area contributed by atoms with Crippen LogP contribution in [0.15, 0.2) is 86.3 Å². The van der Waals surface area contributed by atoms with Crippen molar-refractivity contribution in [3.63, 3.8) is 0 Å². The number of carbonyl (C=O) groups is 1. The van der Waals surface area contributed by atoms with Gasteiger partial charge in [0.15, 0.2) is 11.2 Å². The van der Waals surface area contributed by atoms with Crippen LogP contribution in [-0.4, -0.2) is 104 Å². The molecule has 4 aliphatic heterocycles. The van der Waals surface area contributed by atoms with Crippen LogP contribution in [0.25, 0.3) is 11.0 Å². The lowest BCUT2D eigenvalue weighted by Crippen LogP contribution is -3.04. The van der Waals surface area contributed by atoms with Crippen molar-refractivity contribution in [3.05, 3.63) is 99.2 Å². The van der Waals surface area contributed by atoms with Gasteiger partial charge in [0.2, 0.25) is 17.2 Å². The van der Waals surface area contributed by atoms with E-state index in [1.807, 2.05) is 12.2 Å². The molecule has 0 saturated carbocycles. The second kappa shape index (κ2) is 15.8. The van der Waals surface area contributed by atoms with Gasteiger partial charge in [0.05, 0.1) is 17.6 Å². The largest absolute Gasteiger partial charge is 0.508 e. The van der Waals surface area contributed by atoms with Crippen molar-refractivity contribution < 1.29 is 59.3 Å². The highest BCUT2D eigenvalue weighted by Gasteiger charge is 2.53. The summed E-state index contributed by atoms with van der Waals surface area (Å²) in [5.41, 5.74) is 1.75. The number of hydrogen-bond donors (Lipinski definition) is 8. The van der Waals surface area contributed by atoms with E-state index in [1.54, 1.807) is 19.2 Å². The molecule has 15 nitrogen and oxygen atoms in total. The lowest BCUT2D eigenvalue weighted by atomic mass is 9.71. The van der Waals surface area contributed by atoms with Gasteiger partial charge in [-0.1, -0.05) is 31.2 Å². The van der Waals surface area contributed by atoms with Crippen molar-refractivity contribution in [2.75, 3.05) is 26.3 Å². The van der Waals surface area contributed by atoms with Gasteiger partial charge in [-0.25, -0.2) is 9.78 Å². The van der Waals surface area contributed by atoms with E-state index in [2.05, 4.69) is 23.3 Å². The van der Waals surface area contributed by atoms with Gasteiger partial charge in [-0.2, -0.15) is 0 Å². The molecule has 0 radical (unpaired) electrons. The first-order chi connectivity index (χ1) is 27.8. The van der Waals surface area contributed by atoms with E-state index < -0.39 is 48.8 Å². The first-order valence-corrected chi connectivity index (χ1v) is 19.8. The lowest BCUT2D eigenvalue weighted by Gasteiger charge is -2.47. The van der Waals surface area contributed by atoms with E-state index in [-0.39, 0.29) is 41.8 Å². The number of nitrogens with zero attached hydrogens (tertiary/aromatic N) is 1. The van der Waals surface area contributed by atoms with Gasteiger partial charge in [-0.3, -0.25) is 19.5 Å². The van der Waals surface area contributed by atoms with E-state index in [0.717, 1.165) is 21.9 Å². The number of fused-ring (bicyclic) bond motifs is 3. The highest BCUT2D eigenvalue weighted by Crippen LogP contribution is 2.49. The Bertz CT molecular complexity index is 2270. The van der Waals surface area contributed by atoms with Crippen LogP contribution in [0.2, 0.25) is 0 Å². The molecule has 5 heterocycles. The van der Waals surface area contributed by atoms with Crippen molar-refractivity contribution in [2.45, 2.75) is 88.0 Å². The van der Waals surface area contributed by atoms with Crippen LogP contribution in [0.5, 0.6) is 11.5 Å². The standard InChI is InChI=1S/C43H49N3O12/c1-3-32-29-10-12-44-31(29)20-46(32)37-39-26(14-30-33(49)13-23(2)56-40(30)37)15-35(43(57-39)11-4-5-25(18-43)27-16-36(51)45-19-27)58-55-22-42(54,41(53)38(52)34(50)21-47)17-24-6-8-28(48)9-7-24/h4-10,12-14,25,27,34-35,38,41,47-48,50,52-54H,3,11,15-22H2,1-2H3,(H,45,51)/p+1/t25-,27-,34-,35-,38-,41+,42+,43+/m1/s1. The average Bonchev–Trinajstić information content (AvgIpc) is 3.94. The number of benzene rings is 2. The molecule has 9 atom stereocenters. The van der Waals surface area contributed by atoms with Crippen molar-refractivity contribution in [1.82, 2.24) is 5.32 Å². The Balaban J connectivity index is 1.19. The molecule has 1 spiro atoms. The second-order valence-electron chi connectivity index (χ2n) is 16.2. The molecule has 15 heteroatoms. The highest BCUT2D eigenvalue weighted by atomic mass is 17.2. The third-order valence-corrected chi connectivity index (χ3v) is 12.4. The molecular weight excluding hydrogens is 750 g/mol. The van der Waals surface area contributed by atoms with E-state index in [4.69, 9.17) is 18.9 Å². The maximum Gasteiger partial charge on any atom is 0.222 e. The van der Waals surface area contributed by atoms with Crippen LogP contribution in [0.1, 0.15) is 49.5 Å². The van der Waals surface area contributed by atoms with Crippen molar-refractivity contribution >= 4 is 28.3 Å². The summed E-state index contributed by atoms with van der Waals surface area (Å²) in [7, 11) is 0. The molecule has 1 saturated heterocycles. The number of ether oxygens (including phenoxy) is 1. The van der Waals surface area contributed by atoms with E-state index in [1.165, 1.54) is 30.3 Å². The number of aryl methyl sites for hydroxylation is 1. The summed E-state index contributed by atoms with van der Waals surface area (Å²) in [5, 5.41) is 66.8. The zero-order valence-electron chi connectivity index (χ0n) is 32.4. The molecule has 308 valence electrons.